The second-order valence-electron chi connectivity index (χ2n) is 7.12. The molecule has 1 aliphatic heterocycles. The molecule has 3 heterocycles. The normalized spacial score (nSPS) is 20.7. The SMILES string of the molecule is Cl.c1ncn(Cc2ccc(-c3noc(C4CC45CCNCC5)n3)cc2)n1. The molecule has 1 saturated carbocycles. The fourth-order valence-electron chi connectivity index (χ4n) is 3.93. The molecule has 26 heavy (non-hydrogen) atoms. The van der Waals surface area contributed by atoms with Crippen LogP contribution in [0.4, 0.5) is 0 Å². The third-order valence-electron chi connectivity index (χ3n) is 5.55. The Hall–Kier alpha value is -2.25. The molecule has 1 saturated heterocycles. The van der Waals surface area contributed by atoms with E-state index in [1.54, 1.807) is 17.3 Å². The molecule has 136 valence electrons. The second kappa shape index (κ2) is 6.81. The number of aromatic nitrogens is 5. The molecule has 1 aliphatic carbocycles. The maximum Gasteiger partial charge on any atom is 0.230 e. The molecule has 2 aromatic heterocycles. The van der Waals surface area contributed by atoms with Gasteiger partial charge in [0.15, 0.2) is 0 Å². The first kappa shape index (κ1) is 17.2. The smallest absolute Gasteiger partial charge is 0.230 e. The molecule has 8 heteroatoms. The number of halogens is 1. The largest absolute Gasteiger partial charge is 0.339 e. The summed E-state index contributed by atoms with van der Waals surface area (Å²) in [6, 6.07) is 8.21. The molecule has 0 radical (unpaired) electrons. The van der Waals surface area contributed by atoms with Gasteiger partial charge in [0, 0.05) is 11.5 Å². The summed E-state index contributed by atoms with van der Waals surface area (Å²) in [5, 5.41) is 11.8. The number of nitrogens with one attached hydrogen (secondary N) is 1. The molecular formula is C18H21ClN6O. The van der Waals surface area contributed by atoms with Crippen molar-refractivity contribution in [2.45, 2.75) is 31.7 Å². The summed E-state index contributed by atoms with van der Waals surface area (Å²) >= 11 is 0. The van der Waals surface area contributed by atoms with Gasteiger partial charge in [-0.1, -0.05) is 29.4 Å². The number of hydrogen-bond acceptors (Lipinski definition) is 6. The van der Waals surface area contributed by atoms with E-state index in [-0.39, 0.29) is 12.4 Å². The first-order chi connectivity index (χ1) is 12.3. The minimum Gasteiger partial charge on any atom is -0.339 e. The van der Waals surface area contributed by atoms with Crippen molar-refractivity contribution in [1.82, 2.24) is 30.2 Å². The molecule has 1 atom stereocenters. The van der Waals surface area contributed by atoms with Crippen molar-refractivity contribution < 1.29 is 4.52 Å². The summed E-state index contributed by atoms with van der Waals surface area (Å²) in [6.07, 6.45) is 6.87. The second-order valence-corrected chi connectivity index (χ2v) is 7.12. The van der Waals surface area contributed by atoms with E-state index in [1.165, 1.54) is 19.3 Å². The van der Waals surface area contributed by atoms with Gasteiger partial charge in [0.1, 0.15) is 12.7 Å². The lowest BCUT2D eigenvalue weighted by Crippen LogP contribution is -2.29. The van der Waals surface area contributed by atoms with Crippen LogP contribution in [-0.4, -0.2) is 38.0 Å². The quantitative estimate of drug-likeness (QED) is 0.758. The minimum absolute atomic E-state index is 0. The number of benzene rings is 1. The molecule has 1 spiro atoms. The molecule has 7 nitrogen and oxygen atoms in total. The first-order valence-electron chi connectivity index (χ1n) is 8.78. The molecule has 2 aliphatic rings. The maximum atomic E-state index is 5.58. The van der Waals surface area contributed by atoms with E-state index < -0.39 is 0 Å². The number of rotatable bonds is 4. The predicted molar refractivity (Wildman–Crippen MR) is 98.0 cm³/mol. The van der Waals surface area contributed by atoms with Gasteiger partial charge in [-0.25, -0.2) is 9.67 Å². The van der Waals surface area contributed by atoms with E-state index in [2.05, 4.69) is 37.7 Å². The average molecular weight is 373 g/mol. The molecule has 5 rings (SSSR count). The molecule has 3 aromatic rings. The molecular weight excluding hydrogens is 352 g/mol. The first-order valence-corrected chi connectivity index (χ1v) is 8.78. The van der Waals surface area contributed by atoms with Crippen LogP contribution in [0.15, 0.2) is 41.4 Å². The third-order valence-corrected chi connectivity index (χ3v) is 5.55. The van der Waals surface area contributed by atoms with Gasteiger partial charge < -0.3 is 9.84 Å². The third kappa shape index (κ3) is 3.12. The number of nitrogens with zero attached hydrogens (tertiary/aromatic N) is 5. The summed E-state index contributed by atoms with van der Waals surface area (Å²) in [6.45, 7) is 2.91. The van der Waals surface area contributed by atoms with Crippen LogP contribution in [0.2, 0.25) is 0 Å². The predicted octanol–water partition coefficient (Wildman–Crippen LogP) is 2.66. The van der Waals surface area contributed by atoms with Crippen LogP contribution in [-0.2, 0) is 6.54 Å². The van der Waals surface area contributed by atoms with Crippen molar-refractivity contribution >= 4 is 12.4 Å². The van der Waals surface area contributed by atoms with Gasteiger partial charge in [0.2, 0.25) is 11.7 Å². The van der Waals surface area contributed by atoms with Crippen molar-refractivity contribution in [3.63, 3.8) is 0 Å². The molecule has 2 fully saturated rings. The number of piperidine rings is 1. The Kier molecular flexibility index (Phi) is 4.50. The van der Waals surface area contributed by atoms with Crippen LogP contribution in [0.5, 0.6) is 0 Å². The molecule has 1 unspecified atom stereocenters. The van der Waals surface area contributed by atoms with Crippen molar-refractivity contribution in [2.24, 2.45) is 5.41 Å². The lowest BCUT2D eigenvalue weighted by molar-refractivity contribution is 0.311. The minimum atomic E-state index is 0. The highest BCUT2D eigenvalue weighted by Gasteiger charge is 2.57. The zero-order chi connectivity index (χ0) is 16.7. The van der Waals surface area contributed by atoms with E-state index in [1.807, 2.05) is 12.1 Å². The van der Waals surface area contributed by atoms with Crippen LogP contribution >= 0.6 is 12.4 Å². The van der Waals surface area contributed by atoms with Crippen LogP contribution in [0.1, 0.15) is 36.6 Å². The van der Waals surface area contributed by atoms with Gasteiger partial charge in [-0.05, 0) is 43.3 Å². The highest BCUT2D eigenvalue weighted by molar-refractivity contribution is 5.85. The van der Waals surface area contributed by atoms with Gasteiger partial charge in [-0.2, -0.15) is 10.1 Å². The Labute approximate surface area is 157 Å². The van der Waals surface area contributed by atoms with Gasteiger partial charge in [0.25, 0.3) is 0 Å². The molecule has 0 bridgehead atoms. The van der Waals surface area contributed by atoms with Crippen LogP contribution in [0, 0.1) is 5.41 Å². The Morgan fingerprint density at radius 2 is 2.00 bits per heavy atom. The van der Waals surface area contributed by atoms with Crippen LogP contribution in [0.25, 0.3) is 11.4 Å². The summed E-state index contributed by atoms with van der Waals surface area (Å²) < 4.78 is 7.38. The summed E-state index contributed by atoms with van der Waals surface area (Å²) in [5.41, 5.74) is 2.56. The Morgan fingerprint density at radius 3 is 2.73 bits per heavy atom. The van der Waals surface area contributed by atoms with E-state index >= 15 is 0 Å². The van der Waals surface area contributed by atoms with Gasteiger partial charge in [-0.15, -0.1) is 12.4 Å². The molecule has 0 amide bonds. The zero-order valence-electron chi connectivity index (χ0n) is 14.3. The van der Waals surface area contributed by atoms with Crippen LogP contribution in [0.3, 0.4) is 0 Å². The zero-order valence-corrected chi connectivity index (χ0v) is 15.2. The Morgan fingerprint density at radius 1 is 1.19 bits per heavy atom. The molecule has 1 N–H and O–H groups in total. The summed E-state index contributed by atoms with van der Waals surface area (Å²) in [4.78, 5) is 8.63. The Balaban J connectivity index is 0.00000168. The van der Waals surface area contributed by atoms with E-state index in [0.717, 1.165) is 30.1 Å². The maximum absolute atomic E-state index is 5.58. The van der Waals surface area contributed by atoms with Gasteiger partial charge >= 0.3 is 0 Å². The summed E-state index contributed by atoms with van der Waals surface area (Å²) in [5.74, 6) is 1.93. The van der Waals surface area contributed by atoms with E-state index in [9.17, 15) is 0 Å². The van der Waals surface area contributed by atoms with Crippen molar-refractivity contribution in [1.29, 1.82) is 0 Å². The lowest BCUT2D eigenvalue weighted by atomic mass is 9.92. The van der Waals surface area contributed by atoms with Crippen molar-refractivity contribution in [3.8, 4) is 11.4 Å². The van der Waals surface area contributed by atoms with Crippen molar-refractivity contribution in [3.05, 3.63) is 48.4 Å². The highest BCUT2D eigenvalue weighted by atomic mass is 35.5. The number of hydrogen-bond donors (Lipinski definition) is 1. The van der Waals surface area contributed by atoms with Gasteiger partial charge in [-0.3, -0.25) is 0 Å². The fraction of sp³-hybridized carbons (Fsp3) is 0.444. The van der Waals surface area contributed by atoms with E-state index in [4.69, 9.17) is 4.52 Å². The standard InChI is InChI=1S/C18H20N6O.ClH/c1-3-14(4-2-13(1)10-24-12-20-11-21-24)16-22-17(25-23-16)15-9-18(15)5-7-19-8-6-18;/h1-4,11-12,15,19H,5-10H2;1H. The van der Waals surface area contributed by atoms with Gasteiger partial charge in [0.05, 0.1) is 6.54 Å². The van der Waals surface area contributed by atoms with Crippen LogP contribution < -0.4 is 5.32 Å². The van der Waals surface area contributed by atoms with E-state index in [0.29, 0.717) is 23.7 Å². The topological polar surface area (TPSA) is 81.7 Å². The molecule has 1 aromatic carbocycles. The van der Waals surface area contributed by atoms with Crippen molar-refractivity contribution in [2.75, 3.05) is 13.1 Å². The average Bonchev–Trinajstić information content (AvgIpc) is 3.04. The highest BCUT2D eigenvalue weighted by Crippen LogP contribution is 2.63. The fourth-order valence-corrected chi connectivity index (χ4v) is 3.93. The monoisotopic (exact) mass is 372 g/mol. The lowest BCUT2D eigenvalue weighted by Gasteiger charge is -2.22. The summed E-state index contributed by atoms with van der Waals surface area (Å²) in [7, 11) is 0. The Bertz CT molecular complexity index is 854.